The minimum atomic E-state index is -1.00. The Hall–Kier alpha value is -0.880. The third kappa shape index (κ3) is 3.66. The van der Waals surface area contributed by atoms with Crippen molar-refractivity contribution in [2.45, 2.75) is 19.0 Å². The molecule has 21 heavy (non-hydrogen) atoms. The van der Waals surface area contributed by atoms with Crippen molar-refractivity contribution in [3.63, 3.8) is 0 Å². The maximum absolute atomic E-state index is 12.3. The summed E-state index contributed by atoms with van der Waals surface area (Å²) in [7, 11) is 1.38. The zero-order chi connectivity index (χ0) is 15.5. The van der Waals surface area contributed by atoms with E-state index in [0.717, 1.165) is 9.35 Å². The molecule has 1 unspecified atom stereocenters. The van der Waals surface area contributed by atoms with Crippen LogP contribution in [0.5, 0.6) is 0 Å². The van der Waals surface area contributed by atoms with Crippen molar-refractivity contribution in [2.24, 2.45) is 0 Å². The van der Waals surface area contributed by atoms with E-state index in [4.69, 9.17) is 16.3 Å². The lowest BCUT2D eigenvalue weighted by atomic mass is 9.91. The number of halogens is 2. The Kier molecular flexibility index (Phi) is 5.43. The summed E-state index contributed by atoms with van der Waals surface area (Å²) in [6, 6.07) is 9.44. The quantitative estimate of drug-likeness (QED) is 0.774. The molecule has 2 rings (SSSR count). The average molecular weight is 389 g/mol. The second-order valence-electron chi connectivity index (χ2n) is 4.67. The van der Waals surface area contributed by atoms with Gasteiger partial charge in [0.2, 0.25) is 0 Å². The lowest BCUT2D eigenvalue weighted by Gasteiger charge is -2.29. The van der Waals surface area contributed by atoms with Gasteiger partial charge < -0.3 is 4.74 Å². The van der Waals surface area contributed by atoms with Crippen LogP contribution in [0, 0.1) is 0 Å². The highest BCUT2D eigenvalue weighted by atomic mass is 79.9. The Morgan fingerprint density at radius 2 is 2.24 bits per heavy atom. The number of hydrogen-bond acceptors (Lipinski definition) is 4. The molecule has 0 aliphatic carbocycles. The molecule has 1 aromatic carbocycles. The van der Waals surface area contributed by atoms with E-state index in [2.05, 4.69) is 21.2 Å². The van der Waals surface area contributed by atoms with Gasteiger partial charge in [-0.1, -0.05) is 39.7 Å². The van der Waals surface area contributed by atoms with E-state index in [9.17, 15) is 4.79 Å². The van der Waals surface area contributed by atoms with Gasteiger partial charge in [-0.15, -0.1) is 11.3 Å². The van der Waals surface area contributed by atoms with Gasteiger partial charge in [0.05, 0.1) is 7.11 Å². The Morgan fingerprint density at radius 1 is 1.48 bits per heavy atom. The van der Waals surface area contributed by atoms with Crippen LogP contribution in [0.15, 0.2) is 40.2 Å². The number of benzene rings is 1. The molecule has 2 aromatic rings. The van der Waals surface area contributed by atoms with Crippen molar-refractivity contribution >= 4 is 44.8 Å². The molecule has 1 heterocycles. The SMILES string of the molecule is COC(=O)C(C)(NCc1cccs1)c1ccc(Br)cc1Cl. The smallest absolute Gasteiger partial charge is 0.330 e. The molecule has 1 aromatic heterocycles. The van der Waals surface area contributed by atoms with Gasteiger partial charge in [-0.05, 0) is 30.5 Å². The van der Waals surface area contributed by atoms with Gasteiger partial charge in [0.15, 0.2) is 0 Å². The number of nitrogens with one attached hydrogen (secondary N) is 1. The number of esters is 1. The van der Waals surface area contributed by atoms with Gasteiger partial charge in [0, 0.05) is 26.5 Å². The molecule has 0 bridgehead atoms. The van der Waals surface area contributed by atoms with Crippen molar-refractivity contribution < 1.29 is 9.53 Å². The summed E-state index contributed by atoms with van der Waals surface area (Å²) in [6.07, 6.45) is 0. The van der Waals surface area contributed by atoms with Crippen LogP contribution in [0.2, 0.25) is 5.02 Å². The Labute approximate surface area is 141 Å². The minimum Gasteiger partial charge on any atom is -0.467 e. The largest absolute Gasteiger partial charge is 0.467 e. The summed E-state index contributed by atoms with van der Waals surface area (Å²) in [5, 5.41) is 5.77. The van der Waals surface area contributed by atoms with Crippen LogP contribution >= 0.6 is 38.9 Å². The second-order valence-corrected chi connectivity index (χ2v) is 7.03. The molecular formula is C15H15BrClNO2S. The molecule has 3 nitrogen and oxygen atoms in total. The fourth-order valence-electron chi connectivity index (χ4n) is 2.05. The third-order valence-corrected chi connectivity index (χ3v) is 4.94. The highest BCUT2D eigenvalue weighted by molar-refractivity contribution is 9.10. The van der Waals surface area contributed by atoms with Crippen molar-refractivity contribution in [3.8, 4) is 0 Å². The number of rotatable bonds is 5. The summed E-state index contributed by atoms with van der Waals surface area (Å²) >= 11 is 11.3. The predicted octanol–water partition coefficient (Wildman–Crippen LogP) is 4.34. The Balaban J connectivity index is 2.34. The van der Waals surface area contributed by atoms with Gasteiger partial charge in [0.1, 0.15) is 5.54 Å². The molecule has 0 saturated heterocycles. The van der Waals surface area contributed by atoms with E-state index in [1.54, 1.807) is 24.3 Å². The summed E-state index contributed by atoms with van der Waals surface area (Å²) in [6.45, 7) is 2.34. The van der Waals surface area contributed by atoms with Crippen molar-refractivity contribution in [1.82, 2.24) is 5.32 Å². The lowest BCUT2D eigenvalue weighted by molar-refractivity contribution is -0.148. The molecule has 6 heteroatoms. The summed E-state index contributed by atoms with van der Waals surface area (Å²) in [4.78, 5) is 13.4. The van der Waals surface area contributed by atoms with Crippen LogP contribution in [-0.2, 0) is 21.6 Å². The molecule has 0 aliphatic heterocycles. The van der Waals surface area contributed by atoms with E-state index in [1.165, 1.54) is 7.11 Å². The van der Waals surface area contributed by atoms with Crippen LogP contribution in [0.1, 0.15) is 17.4 Å². The second kappa shape index (κ2) is 6.92. The average Bonchev–Trinajstić information content (AvgIpc) is 2.97. The van der Waals surface area contributed by atoms with E-state index < -0.39 is 5.54 Å². The molecule has 0 radical (unpaired) electrons. The van der Waals surface area contributed by atoms with Gasteiger partial charge in [-0.2, -0.15) is 0 Å². The maximum atomic E-state index is 12.3. The van der Waals surface area contributed by atoms with Gasteiger partial charge >= 0.3 is 5.97 Å². The zero-order valence-electron chi connectivity index (χ0n) is 11.7. The van der Waals surface area contributed by atoms with Crippen molar-refractivity contribution in [1.29, 1.82) is 0 Å². The molecule has 0 amide bonds. The maximum Gasteiger partial charge on any atom is 0.330 e. The first kappa shape index (κ1) is 16.5. The Bertz CT molecular complexity index is 633. The van der Waals surface area contributed by atoms with Gasteiger partial charge in [-0.25, -0.2) is 4.79 Å². The van der Waals surface area contributed by atoms with Crippen LogP contribution in [0.4, 0.5) is 0 Å². The third-order valence-electron chi connectivity index (χ3n) is 3.26. The summed E-state index contributed by atoms with van der Waals surface area (Å²) < 4.78 is 5.82. The Morgan fingerprint density at radius 3 is 2.81 bits per heavy atom. The zero-order valence-corrected chi connectivity index (χ0v) is 14.8. The highest BCUT2D eigenvalue weighted by Gasteiger charge is 2.37. The van der Waals surface area contributed by atoms with Gasteiger partial charge in [-0.3, -0.25) is 5.32 Å². The molecule has 1 atom stereocenters. The van der Waals surface area contributed by atoms with E-state index in [0.29, 0.717) is 17.1 Å². The molecule has 0 saturated carbocycles. The number of ether oxygens (including phenoxy) is 1. The van der Waals surface area contributed by atoms with Crippen LogP contribution in [0.3, 0.4) is 0 Å². The first-order valence-electron chi connectivity index (χ1n) is 6.28. The summed E-state index contributed by atoms with van der Waals surface area (Å²) in [5.74, 6) is -0.372. The first-order valence-corrected chi connectivity index (χ1v) is 8.34. The number of carbonyl (C=O) groups is 1. The molecule has 0 aliphatic rings. The fourth-order valence-corrected chi connectivity index (χ4v) is 3.56. The van der Waals surface area contributed by atoms with Gasteiger partial charge in [0.25, 0.3) is 0 Å². The number of methoxy groups -OCH3 is 1. The minimum absolute atomic E-state index is 0.372. The normalized spacial score (nSPS) is 13.7. The molecular weight excluding hydrogens is 374 g/mol. The van der Waals surface area contributed by atoms with E-state index in [1.807, 2.05) is 29.6 Å². The predicted molar refractivity (Wildman–Crippen MR) is 89.7 cm³/mol. The van der Waals surface area contributed by atoms with Crippen LogP contribution < -0.4 is 5.32 Å². The number of hydrogen-bond donors (Lipinski definition) is 1. The van der Waals surface area contributed by atoms with Crippen molar-refractivity contribution in [2.75, 3.05) is 7.11 Å². The fraction of sp³-hybridized carbons (Fsp3) is 0.267. The van der Waals surface area contributed by atoms with E-state index in [-0.39, 0.29) is 5.97 Å². The topological polar surface area (TPSA) is 38.3 Å². The molecule has 0 fully saturated rings. The lowest BCUT2D eigenvalue weighted by Crippen LogP contribution is -2.47. The summed E-state index contributed by atoms with van der Waals surface area (Å²) in [5.41, 5.74) is -0.313. The van der Waals surface area contributed by atoms with Crippen LogP contribution in [0.25, 0.3) is 0 Å². The van der Waals surface area contributed by atoms with Crippen molar-refractivity contribution in [3.05, 3.63) is 55.6 Å². The van der Waals surface area contributed by atoms with Crippen LogP contribution in [-0.4, -0.2) is 13.1 Å². The number of carbonyl (C=O) groups excluding carboxylic acids is 1. The number of thiophene rings is 1. The van der Waals surface area contributed by atoms with E-state index >= 15 is 0 Å². The standard InChI is InChI=1S/C15H15BrClNO2S/c1-15(14(19)20-2,18-9-11-4-3-7-21-11)12-6-5-10(16)8-13(12)17/h3-8,18H,9H2,1-2H3. The molecule has 112 valence electrons. The monoisotopic (exact) mass is 387 g/mol. The molecule has 1 N–H and O–H groups in total. The molecule has 0 spiro atoms. The highest BCUT2D eigenvalue weighted by Crippen LogP contribution is 2.32. The first-order chi connectivity index (χ1) is 9.97.